The van der Waals surface area contributed by atoms with Crippen LogP contribution in [0.1, 0.15) is 26.3 Å². The first kappa shape index (κ1) is 13.6. The first-order chi connectivity index (χ1) is 7.93. The van der Waals surface area contributed by atoms with E-state index in [1.807, 2.05) is 18.2 Å². The van der Waals surface area contributed by atoms with Crippen molar-refractivity contribution in [3.05, 3.63) is 29.8 Å². The molecule has 94 valence electrons. The maximum absolute atomic E-state index is 10.9. The molecule has 3 nitrogen and oxygen atoms in total. The van der Waals surface area contributed by atoms with Gasteiger partial charge in [-0.1, -0.05) is 25.1 Å². The molecular weight excluding hydrogens is 214 g/mol. The lowest BCUT2D eigenvalue weighted by atomic mass is 10.1. The van der Waals surface area contributed by atoms with Gasteiger partial charge in [-0.05, 0) is 32.4 Å². The van der Waals surface area contributed by atoms with Crippen LogP contribution in [0.5, 0.6) is 0 Å². The maximum atomic E-state index is 10.9. The molecule has 0 aliphatic heterocycles. The molecule has 17 heavy (non-hydrogen) atoms. The number of carboxylic acids is 1. The summed E-state index contributed by atoms with van der Waals surface area (Å²) in [6, 6.07) is 8.37. The third-order valence-corrected chi connectivity index (χ3v) is 2.94. The molecule has 0 amide bonds. The van der Waals surface area contributed by atoms with Crippen LogP contribution in [0, 0.1) is 12.8 Å². The van der Waals surface area contributed by atoms with Crippen molar-refractivity contribution in [2.75, 3.05) is 11.4 Å². The summed E-state index contributed by atoms with van der Waals surface area (Å²) < 4.78 is 0. The second-order valence-electron chi connectivity index (χ2n) is 4.77. The number of nitrogens with zero attached hydrogens (tertiary/aromatic N) is 1. The molecule has 0 bridgehead atoms. The van der Waals surface area contributed by atoms with Crippen LogP contribution in [0.15, 0.2) is 24.3 Å². The Morgan fingerprint density at radius 3 is 2.35 bits per heavy atom. The summed E-state index contributed by atoms with van der Waals surface area (Å²) >= 11 is 0. The van der Waals surface area contributed by atoms with E-state index in [0.29, 0.717) is 6.54 Å². The highest BCUT2D eigenvalue weighted by Crippen LogP contribution is 2.22. The van der Waals surface area contributed by atoms with E-state index in [9.17, 15) is 4.79 Å². The molecule has 0 spiro atoms. The Kier molecular flexibility index (Phi) is 4.55. The zero-order valence-corrected chi connectivity index (χ0v) is 11.0. The summed E-state index contributed by atoms with van der Waals surface area (Å²) in [7, 11) is 0. The Morgan fingerprint density at radius 2 is 1.88 bits per heavy atom. The standard InChI is InChI=1S/C14H21NO2/c1-10(2)15(9-12(4)14(16)17)13-8-6-5-7-11(13)3/h5-8,10,12H,9H2,1-4H3,(H,16,17). The van der Waals surface area contributed by atoms with E-state index in [4.69, 9.17) is 5.11 Å². The van der Waals surface area contributed by atoms with Crippen LogP contribution in [-0.4, -0.2) is 23.7 Å². The summed E-state index contributed by atoms with van der Waals surface area (Å²) in [5.41, 5.74) is 2.30. The molecule has 3 heteroatoms. The molecule has 0 saturated carbocycles. The van der Waals surface area contributed by atoms with Crippen molar-refractivity contribution in [3.63, 3.8) is 0 Å². The van der Waals surface area contributed by atoms with Crippen LogP contribution >= 0.6 is 0 Å². The van der Waals surface area contributed by atoms with Gasteiger partial charge in [0.1, 0.15) is 0 Å². The van der Waals surface area contributed by atoms with E-state index in [1.165, 1.54) is 5.56 Å². The van der Waals surface area contributed by atoms with Crippen LogP contribution in [0.3, 0.4) is 0 Å². The number of aliphatic carboxylic acids is 1. The lowest BCUT2D eigenvalue weighted by molar-refractivity contribution is -0.140. The minimum atomic E-state index is -0.746. The predicted molar refractivity (Wildman–Crippen MR) is 70.5 cm³/mol. The Labute approximate surface area is 103 Å². The zero-order valence-electron chi connectivity index (χ0n) is 11.0. The number of benzene rings is 1. The first-order valence-electron chi connectivity index (χ1n) is 5.98. The third kappa shape index (κ3) is 3.48. The quantitative estimate of drug-likeness (QED) is 0.853. The highest BCUT2D eigenvalue weighted by atomic mass is 16.4. The van der Waals surface area contributed by atoms with Crippen molar-refractivity contribution in [3.8, 4) is 0 Å². The van der Waals surface area contributed by atoms with Gasteiger partial charge in [-0.25, -0.2) is 0 Å². The largest absolute Gasteiger partial charge is 0.481 e. The fourth-order valence-electron chi connectivity index (χ4n) is 1.85. The van der Waals surface area contributed by atoms with Gasteiger partial charge in [0.25, 0.3) is 0 Å². The van der Waals surface area contributed by atoms with Crippen LogP contribution < -0.4 is 4.90 Å². The highest BCUT2D eigenvalue weighted by molar-refractivity contribution is 5.70. The number of carbonyl (C=O) groups is 1. The Hall–Kier alpha value is -1.51. The van der Waals surface area contributed by atoms with Gasteiger partial charge in [-0.2, -0.15) is 0 Å². The molecule has 1 N–H and O–H groups in total. The Morgan fingerprint density at radius 1 is 1.29 bits per heavy atom. The fraction of sp³-hybridized carbons (Fsp3) is 0.500. The Bertz CT molecular complexity index is 388. The zero-order chi connectivity index (χ0) is 13.0. The summed E-state index contributed by atoms with van der Waals surface area (Å²) in [4.78, 5) is 13.1. The summed E-state index contributed by atoms with van der Waals surface area (Å²) in [5, 5.41) is 9.00. The molecule has 1 rings (SSSR count). The molecule has 0 aliphatic carbocycles. The van der Waals surface area contributed by atoms with Crippen molar-refractivity contribution in [1.82, 2.24) is 0 Å². The SMILES string of the molecule is Cc1ccccc1N(CC(C)C(=O)O)C(C)C. The lowest BCUT2D eigenvalue weighted by Gasteiger charge is -2.31. The molecule has 0 aliphatic rings. The van der Waals surface area contributed by atoms with Gasteiger partial charge in [0.2, 0.25) is 0 Å². The van der Waals surface area contributed by atoms with Crippen LogP contribution in [0.25, 0.3) is 0 Å². The number of rotatable bonds is 5. The molecule has 0 fully saturated rings. The number of aryl methyl sites for hydroxylation is 1. The summed E-state index contributed by atoms with van der Waals surface area (Å²) in [6.45, 7) is 8.51. The maximum Gasteiger partial charge on any atom is 0.308 e. The smallest absolute Gasteiger partial charge is 0.308 e. The summed E-state index contributed by atoms with van der Waals surface area (Å²) in [6.07, 6.45) is 0. The van der Waals surface area contributed by atoms with Gasteiger partial charge in [0.05, 0.1) is 5.92 Å². The van der Waals surface area contributed by atoms with Crippen LogP contribution in [-0.2, 0) is 4.79 Å². The molecule has 1 aromatic carbocycles. The summed E-state index contributed by atoms with van der Waals surface area (Å²) in [5.74, 6) is -1.11. The van der Waals surface area contributed by atoms with Crippen molar-refractivity contribution in [2.45, 2.75) is 33.7 Å². The van der Waals surface area contributed by atoms with Crippen LogP contribution in [0.2, 0.25) is 0 Å². The molecular formula is C14H21NO2. The second kappa shape index (κ2) is 5.71. The number of hydrogen-bond donors (Lipinski definition) is 1. The van der Waals surface area contributed by atoms with Gasteiger partial charge < -0.3 is 10.0 Å². The molecule has 0 aromatic heterocycles. The Balaban J connectivity index is 2.94. The van der Waals surface area contributed by atoms with E-state index in [2.05, 4.69) is 31.7 Å². The fourth-order valence-corrected chi connectivity index (χ4v) is 1.85. The van der Waals surface area contributed by atoms with E-state index in [-0.39, 0.29) is 12.0 Å². The number of carboxylic acid groups (broad SMARTS) is 1. The number of para-hydroxylation sites is 1. The normalized spacial score (nSPS) is 12.5. The number of hydrogen-bond acceptors (Lipinski definition) is 2. The van der Waals surface area contributed by atoms with E-state index < -0.39 is 5.97 Å². The molecule has 1 atom stereocenters. The molecule has 0 saturated heterocycles. The van der Waals surface area contributed by atoms with Gasteiger partial charge in [-0.15, -0.1) is 0 Å². The minimum Gasteiger partial charge on any atom is -0.481 e. The average Bonchev–Trinajstić information content (AvgIpc) is 2.26. The third-order valence-electron chi connectivity index (χ3n) is 2.94. The van der Waals surface area contributed by atoms with E-state index in [1.54, 1.807) is 6.92 Å². The second-order valence-corrected chi connectivity index (χ2v) is 4.77. The van der Waals surface area contributed by atoms with Gasteiger partial charge in [-0.3, -0.25) is 4.79 Å². The molecule has 0 heterocycles. The minimum absolute atomic E-state index is 0.290. The van der Waals surface area contributed by atoms with Gasteiger partial charge in [0.15, 0.2) is 0 Å². The molecule has 1 aromatic rings. The van der Waals surface area contributed by atoms with E-state index >= 15 is 0 Å². The lowest BCUT2D eigenvalue weighted by Crippen LogP contribution is -2.37. The highest BCUT2D eigenvalue weighted by Gasteiger charge is 2.19. The predicted octanol–water partition coefficient (Wildman–Crippen LogP) is 2.93. The van der Waals surface area contributed by atoms with Crippen molar-refractivity contribution >= 4 is 11.7 Å². The van der Waals surface area contributed by atoms with Crippen molar-refractivity contribution in [1.29, 1.82) is 0 Å². The molecule has 0 radical (unpaired) electrons. The van der Waals surface area contributed by atoms with Gasteiger partial charge >= 0.3 is 5.97 Å². The van der Waals surface area contributed by atoms with Crippen molar-refractivity contribution in [2.24, 2.45) is 5.92 Å². The monoisotopic (exact) mass is 235 g/mol. The topological polar surface area (TPSA) is 40.5 Å². The van der Waals surface area contributed by atoms with E-state index in [0.717, 1.165) is 5.69 Å². The van der Waals surface area contributed by atoms with Crippen LogP contribution in [0.4, 0.5) is 5.69 Å². The number of anilines is 1. The van der Waals surface area contributed by atoms with Gasteiger partial charge in [0, 0.05) is 18.3 Å². The average molecular weight is 235 g/mol. The first-order valence-corrected chi connectivity index (χ1v) is 5.98. The van der Waals surface area contributed by atoms with Crippen molar-refractivity contribution < 1.29 is 9.90 Å². The molecule has 1 unspecified atom stereocenters.